The van der Waals surface area contributed by atoms with Crippen molar-refractivity contribution in [2.45, 2.75) is 44.2 Å². The number of carboxylic acids is 1. The summed E-state index contributed by atoms with van der Waals surface area (Å²) in [5, 5.41) is 10.5. The molecule has 2 aliphatic rings. The summed E-state index contributed by atoms with van der Waals surface area (Å²) in [4.78, 5) is 29.8. The lowest BCUT2D eigenvalue weighted by molar-refractivity contribution is -0.142. The molecule has 1 heterocycles. The number of amides is 1. The van der Waals surface area contributed by atoms with Crippen molar-refractivity contribution >= 4 is 11.9 Å². The molecular formula is C33H38F3N3O3. The number of rotatable bonds is 8. The zero-order valence-electron chi connectivity index (χ0n) is 23.9. The topological polar surface area (TPSA) is 86.9 Å². The fourth-order valence-electron chi connectivity index (χ4n) is 5.87. The van der Waals surface area contributed by atoms with Crippen molar-refractivity contribution < 1.29 is 27.9 Å². The molecule has 3 aromatic rings. The molecule has 1 amide bonds. The third kappa shape index (κ3) is 7.20. The monoisotopic (exact) mass is 581 g/mol. The van der Waals surface area contributed by atoms with Gasteiger partial charge in [0, 0.05) is 26.2 Å². The van der Waals surface area contributed by atoms with Crippen molar-refractivity contribution in [1.82, 2.24) is 9.80 Å². The summed E-state index contributed by atoms with van der Waals surface area (Å²) < 4.78 is 32.0. The number of hydrogen-bond donors (Lipinski definition) is 2. The highest BCUT2D eigenvalue weighted by molar-refractivity contribution is 5.97. The molecule has 224 valence electrons. The molecule has 9 heteroatoms. The van der Waals surface area contributed by atoms with Gasteiger partial charge >= 0.3 is 12.1 Å². The van der Waals surface area contributed by atoms with Crippen molar-refractivity contribution in [2.24, 2.45) is 5.73 Å². The van der Waals surface area contributed by atoms with Gasteiger partial charge < -0.3 is 15.7 Å². The lowest BCUT2D eigenvalue weighted by Gasteiger charge is -2.35. The summed E-state index contributed by atoms with van der Waals surface area (Å²) >= 11 is 0. The van der Waals surface area contributed by atoms with Crippen LogP contribution in [-0.2, 0) is 21.4 Å². The molecular weight excluding hydrogens is 543 g/mol. The van der Waals surface area contributed by atoms with Gasteiger partial charge in [-0.25, -0.2) is 0 Å². The molecule has 0 unspecified atom stereocenters. The number of benzene rings is 3. The first kappa shape index (κ1) is 31.3. The summed E-state index contributed by atoms with van der Waals surface area (Å²) in [6.45, 7) is 5.00. The predicted molar refractivity (Wildman–Crippen MR) is 157 cm³/mol. The minimum absolute atomic E-state index is 0.195. The minimum atomic E-state index is -4.18. The van der Waals surface area contributed by atoms with E-state index in [0.717, 1.165) is 73.4 Å². The van der Waals surface area contributed by atoms with E-state index in [0.29, 0.717) is 12.8 Å². The fourth-order valence-corrected chi connectivity index (χ4v) is 5.87. The highest BCUT2D eigenvalue weighted by Crippen LogP contribution is 2.51. The van der Waals surface area contributed by atoms with Crippen LogP contribution in [0.25, 0.3) is 11.1 Å². The average Bonchev–Trinajstić information content (AvgIpc) is 3.28. The van der Waals surface area contributed by atoms with Gasteiger partial charge in [0.05, 0.1) is 13.0 Å². The Hall–Kier alpha value is -3.69. The molecule has 42 heavy (non-hydrogen) atoms. The number of fused-ring (bicyclic) bond motifs is 3. The van der Waals surface area contributed by atoms with Gasteiger partial charge in [-0.1, -0.05) is 84.8 Å². The largest absolute Gasteiger partial charge is 0.480 e. The van der Waals surface area contributed by atoms with Crippen LogP contribution < -0.4 is 5.73 Å². The minimum Gasteiger partial charge on any atom is -0.480 e. The third-order valence-corrected chi connectivity index (χ3v) is 8.14. The quantitative estimate of drug-likeness (QED) is 0.348. The molecule has 0 bridgehead atoms. The van der Waals surface area contributed by atoms with Crippen LogP contribution >= 0.6 is 0 Å². The van der Waals surface area contributed by atoms with Gasteiger partial charge in [-0.05, 0) is 54.1 Å². The Balaban J connectivity index is 0.000000612. The highest BCUT2D eigenvalue weighted by atomic mass is 19.4. The van der Waals surface area contributed by atoms with E-state index in [-0.39, 0.29) is 5.91 Å². The van der Waals surface area contributed by atoms with E-state index in [9.17, 15) is 27.9 Å². The van der Waals surface area contributed by atoms with E-state index in [1.807, 2.05) is 65.6 Å². The number of alkyl halides is 3. The Bertz CT molecular complexity index is 1320. The van der Waals surface area contributed by atoms with E-state index >= 15 is 0 Å². The molecule has 1 fully saturated rings. The van der Waals surface area contributed by atoms with Crippen molar-refractivity contribution in [2.75, 3.05) is 39.3 Å². The standard InChI is InChI=1S/C31H34N2O3.C2H4F3N/c1-23-12-14-24(15-13-23)22-29(34)33-20-18-32(19-21-33)17-7-6-16-31(30(35)36)27-10-4-2-8-25(27)26-9-3-5-11-28(26)31;3-2(4,5)1-6/h2-5,8-15H,6-7,16-22H2,1H3,(H,35,36);1,6H2. The summed E-state index contributed by atoms with van der Waals surface area (Å²) in [5.41, 5.74) is 9.39. The number of carboxylic acid groups (broad SMARTS) is 1. The maximum atomic E-state index is 12.7. The van der Waals surface area contributed by atoms with Crippen LogP contribution in [0.3, 0.4) is 0 Å². The lowest BCUT2D eigenvalue weighted by atomic mass is 9.74. The SMILES string of the molecule is Cc1ccc(CC(=O)N2CCN(CCCCC3(C(=O)O)c4ccccc4-c4ccccc43)CC2)cc1.NCC(F)(F)F. The molecule has 0 spiro atoms. The summed E-state index contributed by atoms with van der Waals surface area (Å²) in [6.07, 6.45) is -1.36. The lowest BCUT2D eigenvalue weighted by Crippen LogP contribution is -2.49. The van der Waals surface area contributed by atoms with Gasteiger partial charge in [-0.15, -0.1) is 0 Å². The van der Waals surface area contributed by atoms with Crippen LogP contribution in [0.1, 0.15) is 41.5 Å². The Morgan fingerprint density at radius 2 is 1.38 bits per heavy atom. The molecule has 5 rings (SSSR count). The number of carbonyl (C=O) groups excluding carboxylic acids is 1. The summed E-state index contributed by atoms with van der Waals surface area (Å²) in [5.74, 6) is -0.568. The number of aryl methyl sites for hydroxylation is 1. The van der Waals surface area contributed by atoms with Crippen LogP contribution in [0.4, 0.5) is 13.2 Å². The van der Waals surface area contributed by atoms with E-state index < -0.39 is 24.1 Å². The Morgan fingerprint density at radius 1 is 0.857 bits per heavy atom. The van der Waals surface area contributed by atoms with Crippen molar-refractivity contribution in [3.05, 3.63) is 95.1 Å². The molecule has 1 aliphatic heterocycles. The van der Waals surface area contributed by atoms with Gasteiger partial charge in [0.1, 0.15) is 5.41 Å². The number of nitrogens with two attached hydrogens (primary N) is 1. The van der Waals surface area contributed by atoms with Gasteiger partial charge in [-0.3, -0.25) is 14.5 Å². The van der Waals surface area contributed by atoms with Crippen LogP contribution in [-0.4, -0.2) is 72.2 Å². The maximum absolute atomic E-state index is 12.7. The second-order valence-corrected chi connectivity index (χ2v) is 11.0. The molecule has 0 radical (unpaired) electrons. The summed E-state index contributed by atoms with van der Waals surface area (Å²) in [6, 6.07) is 24.1. The molecule has 3 aromatic carbocycles. The molecule has 3 N–H and O–H groups in total. The Labute approximate surface area is 244 Å². The van der Waals surface area contributed by atoms with Crippen molar-refractivity contribution in [3.63, 3.8) is 0 Å². The van der Waals surface area contributed by atoms with Gasteiger partial charge in [0.25, 0.3) is 0 Å². The van der Waals surface area contributed by atoms with Crippen LogP contribution in [0.15, 0.2) is 72.8 Å². The fraction of sp³-hybridized carbons (Fsp3) is 0.394. The van der Waals surface area contributed by atoms with E-state index in [1.54, 1.807) is 0 Å². The number of carbonyl (C=O) groups is 2. The molecule has 6 nitrogen and oxygen atoms in total. The first-order chi connectivity index (χ1) is 20.0. The second kappa shape index (κ2) is 13.5. The van der Waals surface area contributed by atoms with Crippen LogP contribution in [0, 0.1) is 6.92 Å². The zero-order chi connectivity index (χ0) is 30.3. The number of aliphatic carboxylic acids is 1. The van der Waals surface area contributed by atoms with Gasteiger partial charge in [0.2, 0.25) is 5.91 Å². The van der Waals surface area contributed by atoms with Gasteiger partial charge in [0.15, 0.2) is 0 Å². The van der Waals surface area contributed by atoms with Gasteiger partial charge in [-0.2, -0.15) is 13.2 Å². The van der Waals surface area contributed by atoms with Crippen molar-refractivity contribution in [1.29, 1.82) is 0 Å². The second-order valence-electron chi connectivity index (χ2n) is 11.0. The molecule has 1 saturated heterocycles. The first-order valence-corrected chi connectivity index (χ1v) is 14.3. The molecule has 1 aliphatic carbocycles. The molecule has 0 saturated carbocycles. The van der Waals surface area contributed by atoms with Crippen LogP contribution in [0.2, 0.25) is 0 Å². The number of piperazine rings is 1. The molecule has 0 atom stereocenters. The smallest absolute Gasteiger partial charge is 0.400 e. The number of nitrogens with zero attached hydrogens (tertiary/aromatic N) is 2. The zero-order valence-corrected chi connectivity index (χ0v) is 23.9. The Kier molecular flexibility index (Phi) is 10.1. The first-order valence-electron chi connectivity index (χ1n) is 14.3. The van der Waals surface area contributed by atoms with E-state index in [4.69, 9.17) is 0 Å². The van der Waals surface area contributed by atoms with Crippen molar-refractivity contribution in [3.8, 4) is 11.1 Å². The third-order valence-electron chi connectivity index (χ3n) is 8.14. The van der Waals surface area contributed by atoms with E-state index in [2.05, 4.69) is 29.7 Å². The normalized spacial score (nSPS) is 15.8. The predicted octanol–water partition coefficient (Wildman–Crippen LogP) is 5.41. The maximum Gasteiger partial charge on any atom is 0.400 e. The Morgan fingerprint density at radius 3 is 1.88 bits per heavy atom. The number of hydrogen-bond acceptors (Lipinski definition) is 4. The highest BCUT2D eigenvalue weighted by Gasteiger charge is 2.48. The number of unbranched alkanes of at least 4 members (excludes halogenated alkanes) is 1. The summed E-state index contributed by atoms with van der Waals surface area (Å²) in [7, 11) is 0. The van der Waals surface area contributed by atoms with E-state index in [1.165, 1.54) is 5.56 Å². The molecule has 0 aromatic heterocycles. The average molecular weight is 582 g/mol. The number of halogens is 3. The van der Waals surface area contributed by atoms with Crippen LogP contribution in [0.5, 0.6) is 0 Å².